The lowest BCUT2D eigenvalue weighted by molar-refractivity contribution is -0.321. The van der Waals surface area contributed by atoms with Crippen LogP contribution in [-0.4, -0.2) is 70.0 Å². The van der Waals surface area contributed by atoms with Crippen LogP contribution in [0.25, 0.3) is 6.08 Å². The first kappa shape index (κ1) is 29.9. The zero-order valence-corrected chi connectivity index (χ0v) is 22.4. The Morgan fingerprint density at radius 3 is 2.58 bits per heavy atom. The fourth-order valence-corrected chi connectivity index (χ4v) is 4.62. The Labute approximate surface area is 224 Å². The lowest BCUT2D eigenvalue weighted by Gasteiger charge is -2.44. The van der Waals surface area contributed by atoms with Crippen molar-refractivity contribution < 1.29 is 39.1 Å². The molecule has 8 heteroatoms. The van der Waals surface area contributed by atoms with Gasteiger partial charge in [0.05, 0.1) is 12.2 Å². The second kappa shape index (κ2) is 13.4. The normalized spacial score (nSPS) is 33.9. The van der Waals surface area contributed by atoms with Gasteiger partial charge in [-0.3, -0.25) is 4.79 Å². The summed E-state index contributed by atoms with van der Waals surface area (Å²) in [6.45, 7) is 9.39. The van der Waals surface area contributed by atoms with Gasteiger partial charge < -0.3 is 29.5 Å². The van der Waals surface area contributed by atoms with E-state index in [1.807, 2.05) is 36.4 Å². The van der Waals surface area contributed by atoms with Gasteiger partial charge in [-0.15, -0.1) is 0 Å². The minimum absolute atomic E-state index is 0.0417. The standard InChI is InChI=1S/C30H40O8/c1-19(2)22-12-10-20(3)23(32)15-17-30(4,16-14-22)38-29-28(27(35)26(34)24(18-31)36-29)37-25(33)13-11-21-8-6-5-7-9-21/h5-9,11,13-14,16,19,22,24,26-29,31,34-35H,3,10,12,15,17-18H2,1-2,4H3/b13-11+,16-14+/t22-,24-,26-,27+,28-,29+,30-/m1/s1. The van der Waals surface area contributed by atoms with Gasteiger partial charge in [-0.2, -0.15) is 0 Å². The number of ether oxygens (including phenoxy) is 3. The van der Waals surface area contributed by atoms with Gasteiger partial charge in [-0.1, -0.05) is 62.9 Å². The number of rotatable bonds is 7. The number of hydrogen-bond donors (Lipinski definition) is 3. The molecule has 3 rings (SSSR count). The minimum Gasteiger partial charge on any atom is -0.451 e. The van der Waals surface area contributed by atoms with Gasteiger partial charge in [0, 0.05) is 12.5 Å². The van der Waals surface area contributed by atoms with Gasteiger partial charge in [0.2, 0.25) is 0 Å². The molecule has 2 aliphatic rings. The first-order chi connectivity index (χ1) is 18.0. The van der Waals surface area contributed by atoms with Crippen molar-refractivity contribution in [2.45, 2.75) is 82.8 Å². The number of aliphatic hydroxyl groups is 3. The Hall–Kier alpha value is -2.62. The molecule has 0 amide bonds. The molecule has 7 atom stereocenters. The molecule has 1 aliphatic carbocycles. The predicted molar refractivity (Wildman–Crippen MR) is 143 cm³/mol. The molecule has 0 spiro atoms. The second-order valence-corrected chi connectivity index (χ2v) is 10.6. The van der Waals surface area contributed by atoms with Gasteiger partial charge in [0.1, 0.15) is 18.3 Å². The molecular weight excluding hydrogens is 488 g/mol. The van der Waals surface area contributed by atoms with Crippen LogP contribution < -0.4 is 0 Å². The number of benzene rings is 1. The van der Waals surface area contributed by atoms with Crippen molar-refractivity contribution in [3.8, 4) is 0 Å². The van der Waals surface area contributed by atoms with E-state index in [1.165, 1.54) is 6.08 Å². The van der Waals surface area contributed by atoms with Gasteiger partial charge in [-0.05, 0) is 55.2 Å². The number of carbonyl (C=O) groups is 2. The van der Waals surface area contributed by atoms with E-state index in [1.54, 1.807) is 13.0 Å². The first-order valence-electron chi connectivity index (χ1n) is 13.2. The highest BCUT2D eigenvalue weighted by Gasteiger charge is 2.49. The molecule has 3 N–H and O–H groups in total. The molecule has 0 unspecified atom stereocenters. The summed E-state index contributed by atoms with van der Waals surface area (Å²) in [7, 11) is 0. The van der Waals surface area contributed by atoms with Crippen LogP contribution >= 0.6 is 0 Å². The van der Waals surface area contributed by atoms with Crippen molar-refractivity contribution in [1.29, 1.82) is 0 Å². The number of hydrogen-bond acceptors (Lipinski definition) is 8. The van der Waals surface area contributed by atoms with Crippen LogP contribution in [0, 0.1) is 11.8 Å². The van der Waals surface area contributed by atoms with Crippen molar-refractivity contribution >= 4 is 17.8 Å². The summed E-state index contributed by atoms with van der Waals surface area (Å²) in [6, 6.07) is 9.15. The molecule has 1 aliphatic heterocycles. The molecule has 0 radical (unpaired) electrons. The Morgan fingerprint density at radius 2 is 1.92 bits per heavy atom. The van der Waals surface area contributed by atoms with E-state index in [4.69, 9.17) is 14.2 Å². The third-order valence-corrected chi connectivity index (χ3v) is 7.25. The molecule has 1 heterocycles. The van der Waals surface area contributed by atoms with Crippen molar-refractivity contribution in [3.63, 3.8) is 0 Å². The van der Waals surface area contributed by atoms with Crippen LogP contribution in [0.5, 0.6) is 0 Å². The van der Waals surface area contributed by atoms with Crippen LogP contribution in [0.3, 0.4) is 0 Å². The Morgan fingerprint density at radius 1 is 1.21 bits per heavy atom. The number of esters is 1. The van der Waals surface area contributed by atoms with Crippen molar-refractivity contribution in [2.24, 2.45) is 11.8 Å². The fraction of sp³-hybridized carbons (Fsp3) is 0.533. The summed E-state index contributed by atoms with van der Waals surface area (Å²) in [6.07, 6.45) is 1.71. The number of aliphatic hydroxyl groups excluding tert-OH is 3. The maximum Gasteiger partial charge on any atom is 0.331 e. The Balaban J connectivity index is 1.85. The lowest BCUT2D eigenvalue weighted by Crippen LogP contribution is -2.61. The summed E-state index contributed by atoms with van der Waals surface area (Å²) in [5.74, 6) is -0.297. The SMILES string of the molecule is C=C1CC[C@@H](C(C)C)/C=C/[C@@](C)(O[C@@H]2O[C@H](CO)[C@@H](O)[C@H](O)[C@H]2OC(=O)/C=C/c2ccccc2)CCC1=O. The average molecular weight is 529 g/mol. The topological polar surface area (TPSA) is 123 Å². The van der Waals surface area contributed by atoms with Gasteiger partial charge in [0.15, 0.2) is 18.2 Å². The van der Waals surface area contributed by atoms with Crippen LogP contribution in [0.2, 0.25) is 0 Å². The second-order valence-electron chi connectivity index (χ2n) is 10.6. The van der Waals surface area contributed by atoms with E-state index >= 15 is 0 Å². The third kappa shape index (κ3) is 7.94. The highest BCUT2D eigenvalue weighted by atomic mass is 16.7. The molecular formula is C30H40O8. The number of allylic oxidation sites excluding steroid dienone is 2. The number of ketones is 1. The summed E-state index contributed by atoms with van der Waals surface area (Å²) < 4.78 is 17.6. The first-order valence-corrected chi connectivity index (χ1v) is 13.2. The highest BCUT2D eigenvalue weighted by molar-refractivity contribution is 5.94. The number of Topliss-reactive ketones (excluding diaryl/α,β-unsaturated/α-hetero) is 1. The molecule has 1 aromatic rings. The zero-order valence-electron chi connectivity index (χ0n) is 22.4. The molecule has 0 saturated carbocycles. The zero-order chi connectivity index (χ0) is 27.9. The van der Waals surface area contributed by atoms with Crippen LogP contribution in [0.15, 0.2) is 60.7 Å². The van der Waals surface area contributed by atoms with E-state index < -0.39 is 48.9 Å². The van der Waals surface area contributed by atoms with E-state index in [2.05, 4.69) is 26.5 Å². The summed E-state index contributed by atoms with van der Waals surface area (Å²) in [4.78, 5) is 25.3. The largest absolute Gasteiger partial charge is 0.451 e. The van der Waals surface area contributed by atoms with Gasteiger partial charge >= 0.3 is 5.97 Å². The molecule has 38 heavy (non-hydrogen) atoms. The molecule has 1 aromatic carbocycles. The predicted octanol–water partition coefficient (Wildman–Crippen LogP) is 3.35. The van der Waals surface area contributed by atoms with E-state index in [0.29, 0.717) is 24.3 Å². The summed E-state index contributed by atoms with van der Waals surface area (Å²) in [5.41, 5.74) is 0.332. The minimum atomic E-state index is -1.57. The maximum atomic E-state index is 12.7. The summed E-state index contributed by atoms with van der Waals surface area (Å²) >= 11 is 0. The van der Waals surface area contributed by atoms with Crippen molar-refractivity contribution in [3.05, 3.63) is 66.3 Å². The molecule has 208 valence electrons. The molecule has 0 aromatic heterocycles. The smallest absolute Gasteiger partial charge is 0.331 e. The lowest BCUT2D eigenvalue weighted by atomic mass is 9.84. The Bertz CT molecular complexity index is 1020. The van der Waals surface area contributed by atoms with Gasteiger partial charge in [0.25, 0.3) is 0 Å². The van der Waals surface area contributed by atoms with Crippen molar-refractivity contribution in [2.75, 3.05) is 6.61 Å². The van der Waals surface area contributed by atoms with E-state index in [-0.39, 0.29) is 18.1 Å². The van der Waals surface area contributed by atoms with E-state index in [9.17, 15) is 24.9 Å². The van der Waals surface area contributed by atoms with E-state index in [0.717, 1.165) is 12.0 Å². The Kier molecular flexibility index (Phi) is 10.6. The number of carbonyl (C=O) groups excluding carboxylic acids is 2. The maximum absolute atomic E-state index is 12.7. The molecule has 1 fully saturated rings. The molecule has 8 nitrogen and oxygen atoms in total. The van der Waals surface area contributed by atoms with Crippen LogP contribution in [0.1, 0.15) is 52.0 Å². The van der Waals surface area contributed by atoms with Crippen LogP contribution in [0.4, 0.5) is 0 Å². The van der Waals surface area contributed by atoms with Crippen LogP contribution in [-0.2, 0) is 23.8 Å². The monoisotopic (exact) mass is 528 g/mol. The molecule has 0 bridgehead atoms. The van der Waals surface area contributed by atoms with Gasteiger partial charge in [-0.25, -0.2) is 4.79 Å². The fourth-order valence-electron chi connectivity index (χ4n) is 4.62. The average Bonchev–Trinajstić information content (AvgIpc) is 2.90. The quantitative estimate of drug-likeness (QED) is 0.280. The third-order valence-electron chi connectivity index (χ3n) is 7.25. The summed E-state index contributed by atoms with van der Waals surface area (Å²) in [5, 5.41) is 31.0. The molecule has 1 saturated heterocycles. The highest BCUT2D eigenvalue weighted by Crippen LogP contribution is 2.33. The van der Waals surface area contributed by atoms with Crippen molar-refractivity contribution in [1.82, 2.24) is 0 Å².